The first-order valence-corrected chi connectivity index (χ1v) is 10.8. The molecule has 0 saturated carbocycles. The summed E-state index contributed by atoms with van der Waals surface area (Å²) in [6.07, 6.45) is 5.65. The van der Waals surface area contributed by atoms with Gasteiger partial charge in [-0.25, -0.2) is 0 Å². The lowest BCUT2D eigenvalue weighted by Gasteiger charge is -2.32. The average Bonchev–Trinajstić information content (AvgIpc) is 2.77. The van der Waals surface area contributed by atoms with E-state index in [1.54, 1.807) is 0 Å². The zero-order valence-corrected chi connectivity index (χ0v) is 18.2. The van der Waals surface area contributed by atoms with Crippen LogP contribution >= 0.6 is 43.5 Å². The Hall–Kier alpha value is -0.930. The number of hydrogen-bond acceptors (Lipinski definition) is 2. The Balaban J connectivity index is 2.05. The van der Waals surface area contributed by atoms with E-state index in [9.17, 15) is 0 Å². The van der Waals surface area contributed by atoms with Crippen LogP contribution in [0.25, 0.3) is 4.85 Å². The van der Waals surface area contributed by atoms with E-state index in [2.05, 4.69) is 54.2 Å². The Labute approximate surface area is 175 Å². The smallest absolute Gasteiger partial charge is 0.317 e. The van der Waals surface area contributed by atoms with Gasteiger partial charge in [0, 0.05) is 20.2 Å². The van der Waals surface area contributed by atoms with Crippen molar-refractivity contribution in [2.24, 2.45) is 5.92 Å². The number of piperidine rings is 1. The van der Waals surface area contributed by atoms with Gasteiger partial charge in [-0.15, -0.1) is 0 Å². The molecule has 2 aromatic rings. The number of nitrogens with zero attached hydrogens (tertiary/aromatic N) is 2. The third-order valence-electron chi connectivity index (χ3n) is 5.61. The minimum atomic E-state index is -0.659. The molecule has 1 aromatic heterocycles. The number of halogens is 3. The lowest BCUT2D eigenvalue weighted by Crippen LogP contribution is -2.42. The lowest BCUT2D eigenvalue weighted by molar-refractivity contribution is 0.283. The van der Waals surface area contributed by atoms with Gasteiger partial charge in [0.15, 0.2) is 0 Å². The number of nitrogens with one attached hydrogen (secondary N) is 1. The Bertz CT molecular complexity index is 903. The van der Waals surface area contributed by atoms with Crippen LogP contribution in [0.4, 0.5) is 0 Å². The van der Waals surface area contributed by atoms with E-state index in [1.807, 2.05) is 12.3 Å². The molecule has 0 spiro atoms. The normalized spacial score (nSPS) is 22.8. The highest BCUT2D eigenvalue weighted by Gasteiger charge is 2.57. The summed E-state index contributed by atoms with van der Waals surface area (Å²) in [4.78, 5) is 9.43. The maximum atomic E-state index is 6.37. The fourth-order valence-electron chi connectivity index (χ4n) is 4.52. The summed E-state index contributed by atoms with van der Waals surface area (Å²) in [6, 6.07) is 6.17. The minimum Gasteiger partial charge on any atom is -0.317 e. The summed E-state index contributed by atoms with van der Waals surface area (Å²) in [5.74, 6) is 0.288. The van der Waals surface area contributed by atoms with Crippen molar-refractivity contribution >= 4 is 43.5 Å². The van der Waals surface area contributed by atoms with Crippen molar-refractivity contribution in [3.05, 3.63) is 65.6 Å². The van der Waals surface area contributed by atoms with Crippen LogP contribution in [0, 0.1) is 12.5 Å². The first-order chi connectivity index (χ1) is 12.6. The number of fused-ring (bicyclic) bond motifs is 2. The van der Waals surface area contributed by atoms with Crippen LogP contribution in [0.5, 0.6) is 0 Å². The molecule has 1 fully saturated rings. The van der Waals surface area contributed by atoms with Crippen LogP contribution in [0.1, 0.15) is 35.2 Å². The Morgan fingerprint density at radius 2 is 1.88 bits per heavy atom. The molecule has 1 aliphatic heterocycles. The molecule has 26 heavy (non-hydrogen) atoms. The third-order valence-corrected chi connectivity index (χ3v) is 6.89. The molecule has 1 saturated heterocycles. The standard InChI is InChI=1S/C20H19Br2ClN3/c1-24-20(14-4-6-25-7-5-14)18-12(9-16(23)10-17(18)22)2-3-13-8-15(21)11-26-19(13)20/h1,8-11,14,25H,2-7H2/q+1/t20-/m0/s1. The van der Waals surface area contributed by atoms with Crippen LogP contribution in [-0.2, 0) is 18.4 Å². The molecule has 134 valence electrons. The monoisotopic (exact) mass is 494 g/mol. The Morgan fingerprint density at radius 1 is 1.15 bits per heavy atom. The molecule has 2 aliphatic rings. The first kappa shape index (κ1) is 18.4. The summed E-state index contributed by atoms with van der Waals surface area (Å²) in [6.45, 7) is 8.15. The number of hydrogen-bond donors (Lipinski definition) is 1. The van der Waals surface area contributed by atoms with E-state index in [4.69, 9.17) is 23.2 Å². The van der Waals surface area contributed by atoms with Crippen LogP contribution in [0.15, 0.2) is 33.3 Å². The van der Waals surface area contributed by atoms with E-state index >= 15 is 0 Å². The number of pyridine rings is 1. The maximum Gasteiger partial charge on any atom is 0.351 e. The van der Waals surface area contributed by atoms with Crippen molar-refractivity contribution in [2.45, 2.75) is 31.2 Å². The number of aromatic nitrogens is 1. The average molecular weight is 497 g/mol. The predicted octanol–water partition coefficient (Wildman–Crippen LogP) is 5.56. The van der Waals surface area contributed by atoms with E-state index in [1.165, 1.54) is 11.1 Å². The molecule has 0 bridgehead atoms. The summed E-state index contributed by atoms with van der Waals surface area (Å²) in [5.41, 5.74) is 3.85. The lowest BCUT2D eigenvalue weighted by atomic mass is 9.70. The third kappa shape index (κ3) is 2.92. The first-order valence-electron chi connectivity index (χ1n) is 8.82. The summed E-state index contributed by atoms with van der Waals surface area (Å²) in [7, 11) is 0. The van der Waals surface area contributed by atoms with Crippen molar-refractivity contribution in [1.82, 2.24) is 10.3 Å². The minimum absolute atomic E-state index is 0.288. The van der Waals surface area contributed by atoms with Gasteiger partial charge in [0.1, 0.15) is 5.69 Å². The second-order valence-electron chi connectivity index (χ2n) is 7.00. The Kier molecular flexibility index (Phi) is 5.13. The highest BCUT2D eigenvalue weighted by molar-refractivity contribution is 9.10. The van der Waals surface area contributed by atoms with Crippen LogP contribution in [0.2, 0.25) is 5.02 Å². The van der Waals surface area contributed by atoms with Gasteiger partial charge in [0.05, 0.1) is 11.5 Å². The van der Waals surface area contributed by atoms with E-state index in [0.29, 0.717) is 0 Å². The van der Waals surface area contributed by atoms with Crippen molar-refractivity contribution < 1.29 is 0 Å². The summed E-state index contributed by atoms with van der Waals surface area (Å²) < 4.78 is 1.95. The van der Waals surface area contributed by atoms with Crippen LogP contribution in [0.3, 0.4) is 0 Å². The van der Waals surface area contributed by atoms with Crippen molar-refractivity contribution in [1.29, 1.82) is 0 Å². The van der Waals surface area contributed by atoms with Gasteiger partial charge in [-0.1, -0.05) is 32.4 Å². The Morgan fingerprint density at radius 3 is 2.62 bits per heavy atom. The van der Waals surface area contributed by atoms with Gasteiger partial charge < -0.3 is 5.32 Å². The molecule has 3 nitrogen and oxygen atoms in total. The highest BCUT2D eigenvalue weighted by atomic mass is 79.9. The van der Waals surface area contributed by atoms with Gasteiger partial charge in [0.25, 0.3) is 6.57 Å². The fraction of sp³-hybridized carbons (Fsp3) is 0.400. The van der Waals surface area contributed by atoms with Gasteiger partial charge >= 0.3 is 5.54 Å². The molecule has 0 radical (unpaired) electrons. The van der Waals surface area contributed by atoms with Gasteiger partial charge in [0.2, 0.25) is 0 Å². The predicted molar refractivity (Wildman–Crippen MR) is 113 cm³/mol. The molecular weight excluding hydrogens is 478 g/mol. The molecule has 2 heterocycles. The zero-order chi connectivity index (χ0) is 18.3. The van der Waals surface area contributed by atoms with E-state index in [-0.39, 0.29) is 5.92 Å². The summed E-state index contributed by atoms with van der Waals surface area (Å²) >= 11 is 13.7. The second-order valence-corrected chi connectivity index (χ2v) is 9.21. The molecule has 1 aromatic carbocycles. The van der Waals surface area contributed by atoms with Crippen molar-refractivity contribution in [3.8, 4) is 6.57 Å². The molecule has 1 atom stereocenters. The fourth-order valence-corrected chi connectivity index (χ4v) is 6.08. The zero-order valence-electron chi connectivity index (χ0n) is 14.2. The molecule has 6 heteroatoms. The van der Waals surface area contributed by atoms with Gasteiger partial charge in [-0.3, -0.25) is 4.98 Å². The largest absolute Gasteiger partial charge is 0.351 e. The van der Waals surface area contributed by atoms with Crippen molar-refractivity contribution in [2.75, 3.05) is 13.1 Å². The molecular formula is C20H19Br2ClN3+. The topological polar surface area (TPSA) is 29.3 Å². The molecule has 0 amide bonds. The van der Waals surface area contributed by atoms with E-state index < -0.39 is 5.54 Å². The SMILES string of the molecule is C#[N+][C@]1(C2CCNCC2)c2ncc(Br)cc2CCc2cc(Cl)cc(Br)c21. The summed E-state index contributed by atoms with van der Waals surface area (Å²) in [5, 5.41) is 4.18. The van der Waals surface area contributed by atoms with Gasteiger partial charge in [-0.05, 0) is 84.0 Å². The van der Waals surface area contributed by atoms with E-state index in [0.717, 1.165) is 64.0 Å². The van der Waals surface area contributed by atoms with Crippen LogP contribution in [-0.4, -0.2) is 18.1 Å². The van der Waals surface area contributed by atoms with Crippen LogP contribution < -0.4 is 5.32 Å². The number of benzene rings is 1. The molecule has 0 unspecified atom stereocenters. The molecule has 4 rings (SSSR count). The second kappa shape index (κ2) is 7.24. The highest BCUT2D eigenvalue weighted by Crippen LogP contribution is 2.51. The number of rotatable bonds is 1. The molecule has 1 aliphatic carbocycles. The quantitative estimate of drug-likeness (QED) is 0.560. The van der Waals surface area contributed by atoms with Gasteiger partial charge in [-0.2, -0.15) is 0 Å². The van der Waals surface area contributed by atoms with Crippen molar-refractivity contribution in [3.63, 3.8) is 0 Å². The number of aryl methyl sites for hydroxylation is 2. The molecule has 1 N–H and O–H groups in total. The maximum absolute atomic E-state index is 6.37.